The summed E-state index contributed by atoms with van der Waals surface area (Å²) in [7, 11) is 1.62. The van der Waals surface area contributed by atoms with Crippen molar-refractivity contribution < 1.29 is 23.2 Å². The highest BCUT2D eigenvalue weighted by Gasteiger charge is 2.40. The van der Waals surface area contributed by atoms with Crippen molar-refractivity contribution in [2.75, 3.05) is 4.90 Å². The first-order valence-electron chi connectivity index (χ1n) is 9.64. The maximum absolute atomic E-state index is 12.8. The van der Waals surface area contributed by atoms with Crippen LogP contribution in [0.15, 0.2) is 62.3 Å². The van der Waals surface area contributed by atoms with Gasteiger partial charge in [0.15, 0.2) is 12.6 Å². The summed E-state index contributed by atoms with van der Waals surface area (Å²) in [6, 6.07) is 13.6. The molecule has 1 fully saturated rings. The van der Waals surface area contributed by atoms with Gasteiger partial charge in [0, 0.05) is 5.56 Å². The molecule has 10 heteroatoms. The van der Waals surface area contributed by atoms with Crippen LogP contribution in [0.4, 0.5) is 5.69 Å². The molecule has 1 atom stereocenters. The molecule has 4 aromatic rings. The van der Waals surface area contributed by atoms with E-state index < -0.39 is 11.7 Å². The summed E-state index contributed by atoms with van der Waals surface area (Å²) in [4.78, 5) is 42.6. The Kier molecular flexibility index (Phi) is 4.48. The molecule has 10 nitrogen and oxygen atoms in total. The second kappa shape index (κ2) is 7.33. The van der Waals surface area contributed by atoms with Crippen molar-refractivity contribution in [2.24, 2.45) is 7.05 Å². The van der Waals surface area contributed by atoms with Crippen LogP contribution in [0.2, 0.25) is 0 Å². The third-order valence-corrected chi connectivity index (χ3v) is 5.24. The molecule has 1 saturated heterocycles. The maximum Gasteiger partial charge on any atom is 0.431 e. The normalized spacial score (nSPS) is 16.5. The fourth-order valence-electron chi connectivity index (χ4n) is 3.58. The second-order valence-electron chi connectivity index (χ2n) is 7.23. The summed E-state index contributed by atoms with van der Waals surface area (Å²) in [5, 5.41) is 5.37. The van der Waals surface area contributed by atoms with Crippen LogP contribution in [-0.4, -0.2) is 28.1 Å². The minimum absolute atomic E-state index is 0.00514. The Bertz CT molecular complexity index is 1320. The van der Waals surface area contributed by atoms with E-state index in [0.717, 1.165) is 16.0 Å². The van der Waals surface area contributed by atoms with E-state index in [9.17, 15) is 14.4 Å². The molecular formula is C21H18N5O5+. The first kappa shape index (κ1) is 18.9. The highest BCUT2D eigenvalue weighted by molar-refractivity contribution is 6.22. The van der Waals surface area contributed by atoms with E-state index in [1.54, 1.807) is 31.3 Å². The number of imide groups is 1. The number of hydrogen-bond donors (Lipinski definition) is 2. The van der Waals surface area contributed by atoms with Gasteiger partial charge in [0.1, 0.15) is 5.52 Å². The van der Waals surface area contributed by atoms with Gasteiger partial charge in [0.2, 0.25) is 11.8 Å². The standard InChI is InChI=1S/C21H17N5O5/c1-25-16(21(29)31-24-25)11-22-15-10-18(27)26(20(15)28)13-8-6-12(7-9-13)19-23-14-4-2-3-5-17(14)30-19/h2-9,15,22H,10-11H2,1H3/p+1. The molecule has 0 saturated carbocycles. The van der Waals surface area contributed by atoms with Crippen molar-refractivity contribution in [1.82, 2.24) is 15.6 Å². The molecule has 1 aliphatic rings. The molecule has 31 heavy (non-hydrogen) atoms. The Balaban J connectivity index is 1.33. The van der Waals surface area contributed by atoms with Crippen LogP contribution in [0.5, 0.6) is 0 Å². The second-order valence-corrected chi connectivity index (χ2v) is 7.23. The SMILES string of the molecule is C[n+]1[nH]oc(=O)c1CNC1CC(=O)N(c2ccc(-c3nc4ccccc4o3)cc2)C1=O. The van der Waals surface area contributed by atoms with Crippen LogP contribution in [0.1, 0.15) is 12.1 Å². The lowest BCUT2D eigenvalue weighted by Gasteiger charge is -2.15. The van der Waals surface area contributed by atoms with Crippen molar-refractivity contribution in [3.63, 3.8) is 0 Å². The highest BCUT2D eigenvalue weighted by Crippen LogP contribution is 2.28. The van der Waals surface area contributed by atoms with Crippen molar-refractivity contribution in [1.29, 1.82) is 0 Å². The topological polar surface area (TPSA) is 125 Å². The van der Waals surface area contributed by atoms with E-state index in [0.29, 0.717) is 22.9 Å². The van der Waals surface area contributed by atoms with E-state index in [1.807, 2.05) is 24.3 Å². The van der Waals surface area contributed by atoms with Gasteiger partial charge in [-0.3, -0.25) is 19.4 Å². The van der Waals surface area contributed by atoms with Gasteiger partial charge in [0.05, 0.1) is 24.7 Å². The summed E-state index contributed by atoms with van der Waals surface area (Å²) in [6.45, 7) is 0.0938. The quantitative estimate of drug-likeness (QED) is 0.365. The molecule has 5 rings (SSSR count). The third-order valence-electron chi connectivity index (χ3n) is 5.24. The fraction of sp³-hybridized carbons (Fsp3) is 0.190. The van der Waals surface area contributed by atoms with E-state index in [1.165, 1.54) is 4.68 Å². The Morgan fingerprint density at radius 1 is 1.16 bits per heavy atom. The monoisotopic (exact) mass is 420 g/mol. The molecule has 156 valence electrons. The van der Waals surface area contributed by atoms with Crippen LogP contribution in [0.3, 0.4) is 0 Å². The van der Waals surface area contributed by atoms with Crippen molar-refractivity contribution in [2.45, 2.75) is 19.0 Å². The molecular weight excluding hydrogens is 402 g/mol. The van der Waals surface area contributed by atoms with Gasteiger partial charge < -0.3 is 4.42 Å². The number of nitrogens with one attached hydrogen (secondary N) is 2. The number of hydrogen-bond acceptors (Lipinski definition) is 7. The van der Waals surface area contributed by atoms with Gasteiger partial charge >= 0.3 is 11.3 Å². The average molecular weight is 420 g/mol. The van der Waals surface area contributed by atoms with Gasteiger partial charge in [-0.1, -0.05) is 16.8 Å². The number of amides is 2. The molecule has 1 aliphatic heterocycles. The van der Waals surface area contributed by atoms with Crippen LogP contribution in [-0.2, 0) is 23.2 Å². The first-order chi connectivity index (χ1) is 15.0. The Morgan fingerprint density at radius 2 is 1.94 bits per heavy atom. The lowest BCUT2D eigenvalue weighted by atomic mass is 10.2. The number of H-pyrrole nitrogens is 1. The number of aryl methyl sites for hydroxylation is 1. The van der Waals surface area contributed by atoms with Crippen LogP contribution in [0, 0.1) is 0 Å². The van der Waals surface area contributed by atoms with E-state index >= 15 is 0 Å². The van der Waals surface area contributed by atoms with Crippen LogP contribution in [0.25, 0.3) is 22.6 Å². The Morgan fingerprint density at radius 3 is 2.65 bits per heavy atom. The Hall–Kier alpha value is -4.05. The Labute approximate surface area is 175 Å². The number of para-hydroxylation sites is 2. The summed E-state index contributed by atoms with van der Waals surface area (Å²) in [6.07, 6.45) is 0.00514. The molecule has 3 heterocycles. The first-order valence-corrected chi connectivity index (χ1v) is 9.64. The highest BCUT2D eigenvalue weighted by atomic mass is 16.5. The number of fused-ring (bicyclic) bond motifs is 1. The maximum atomic E-state index is 12.8. The lowest BCUT2D eigenvalue weighted by molar-refractivity contribution is -0.746. The predicted molar refractivity (Wildman–Crippen MR) is 108 cm³/mol. The molecule has 0 bridgehead atoms. The van der Waals surface area contributed by atoms with Gasteiger partial charge in [-0.2, -0.15) is 0 Å². The number of aromatic amines is 1. The van der Waals surface area contributed by atoms with Gasteiger partial charge in [0.25, 0.3) is 5.91 Å². The summed E-state index contributed by atoms with van der Waals surface area (Å²) in [5.74, 6) is -0.227. The van der Waals surface area contributed by atoms with Gasteiger partial charge in [-0.15, -0.1) is 0 Å². The van der Waals surface area contributed by atoms with Crippen molar-refractivity contribution in [3.8, 4) is 11.5 Å². The minimum atomic E-state index is -0.724. The van der Waals surface area contributed by atoms with Gasteiger partial charge in [-0.25, -0.2) is 14.7 Å². The number of aromatic nitrogens is 3. The number of oxazole rings is 1. The van der Waals surface area contributed by atoms with Gasteiger partial charge in [-0.05, 0) is 41.7 Å². The van der Waals surface area contributed by atoms with E-state index in [-0.39, 0.29) is 24.8 Å². The zero-order chi connectivity index (χ0) is 21.5. The lowest BCUT2D eigenvalue weighted by Crippen LogP contribution is -2.43. The van der Waals surface area contributed by atoms with Crippen LogP contribution < -0.4 is 20.5 Å². The number of anilines is 1. The van der Waals surface area contributed by atoms with Crippen molar-refractivity contribution in [3.05, 3.63) is 64.6 Å². The average Bonchev–Trinajstić information content (AvgIpc) is 3.42. The molecule has 0 radical (unpaired) electrons. The largest absolute Gasteiger partial charge is 0.436 e. The summed E-state index contributed by atoms with van der Waals surface area (Å²) < 4.78 is 11.9. The zero-order valence-electron chi connectivity index (χ0n) is 16.5. The molecule has 2 aromatic carbocycles. The number of carbonyl (C=O) groups is 2. The summed E-state index contributed by atoms with van der Waals surface area (Å²) in [5.41, 5.74) is 2.43. The number of rotatable bonds is 5. The fourth-order valence-corrected chi connectivity index (χ4v) is 3.58. The predicted octanol–water partition coefficient (Wildman–Crippen LogP) is 1.02. The van der Waals surface area contributed by atoms with E-state index in [2.05, 4.69) is 20.1 Å². The summed E-state index contributed by atoms with van der Waals surface area (Å²) >= 11 is 0. The molecule has 2 aromatic heterocycles. The number of nitrogens with zero attached hydrogens (tertiary/aromatic N) is 3. The van der Waals surface area contributed by atoms with Crippen LogP contribution >= 0.6 is 0 Å². The minimum Gasteiger partial charge on any atom is -0.436 e. The smallest absolute Gasteiger partial charge is 0.431 e. The molecule has 0 aliphatic carbocycles. The van der Waals surface area contributed by atoms with Crippen molar-refractivity contribution >= 4 is 28.6 Å². The molecule has 2 amide bonds. The molecule has 1 unspecified atom stereocenters. The third kappa shape index (κ3) is 3.32. The van der Waals surface area contributed by atoms with E-state index in [4.69, 9.17) is 4.42 Å². The zero-order valence-corrected chi connectivity index (χ0v) is 16.5. The number of benzene rings is 2. The molecule has 2 N–H and O–H groups in total. The molecule has 0 spiro atoms. The number of carbonyl (C=O) groups excluding carboxylic acids is 2.